The van der Waals surface area contributed by atoms with E-state index in [-0.39, 0.29) is 30.7 Å². The van der Waals surface area contributed by atoms with Gasteiger partial charge in [-0.15, -0.1) is 0 Å². The van der Waals surface area contributed by atoms with Gasteiger partial charge in [-0.05, 0) is 19.1 Å². The fraction of sp³-hybridized carbons (Fsp3) is 0.467. The lowest BCUT2D eigenvalue weighted by Crippen LogP contribution is -2.54. The molecule has 0 bridgehead atoms. The molecule has 2 saturated heterocycles. The number of urea groups is 1. The van der Waals surface area contributed by atoms with Crippen LogP contribution in [0.2, 0.25) is 0 Å². The predicted octanol–water partition coefficient (Wildman–Crippen LogP) is 0.832. The van der Waals surface area contributed by atoms with Crippen molar-refractivity contribution in [1.29, 1.82) is 0 Å². The minimum absolute atomic E-state index is 0.0554. The van der Waals surface area contributed by atoms with Crippen LogP contribution < -0.4 is 10.2 Å². The average molecular weight is 289 g/mol. The number of amides is 3. The lowest BCUT2D eigenvalue weighted by Gasteiger charge is -2.36. The number of benzene rings is 1. The summed E-state index contributed by atoms with van der Waals surface area (Å²) >= 11 is 0. The Balaban J connectivity index is 1.81. The van der Waals surface area contributed by atoms with Gasteiger partial charge < -0.3 is 19.9 Å². The van der Waals surface area contributed by atoms with E-state index in [1.807, 2.05) is 37.3 Å². The molecular formula is C15H19N3O3. The second-order valence-corrected chi connectivity index (χ2v) is 5.26. The van der Waals surface area contributed by atoms with E-state index in [2.05, 4.69) is 5.32 Å². The third-order valence-corrected chi connectivity index (χ3v) is 3.91. The summed E-state index contributed by atoms with van der Waals surface area (Å²) in [7, 11) is 0. The Labute approximate surface area is 123 Å². The van der Waals surface area contributed by atoms with Crippen LogP contribution in [0.25, 0.3) is 0 Å². The Bertz CT molecular complexity index is 534. The Hall–Kier alpha value is -2.08. The van der Waals surface area contributed by atoms with E-state index in [1.165, 1.54) is 0 Å². The summed E-state index contributed by atoms with van der Waals surface area (Å²) in [6.45, 7) is 3.56. The van der Waals surface area contributed by atoms with Crippen LogP contribution in [0.5, 0.6) is 0 Å². The molecule has 1 aromatic carbocycles. The molecule has 3 amide bonds. The summed E-state index contributed by atoms with van der Waals surface area (Å²) in [5.74, 6) is -0.0554. The number of carbonyl (C=O) groups excluding carboxylic acids is 2. The van der Waals surface area contributed by atoms with Gasteiger partial charge in [-0.1, -0.05) is 18.2 Å². The third-order valence-electron chi connectivity index (χ3n) is 3.91. The Kier molecular flexibility index (Phi) is 3.79. The Morgan fingerprint density at radius 1 is 1.33 bits per heavy atom. The highest BCUT2D eigenvalue weighted by atomic mass is 16.5. The highest BCUT2D eigenvalue weighted by molar-refractivity contribution is 5.96. The summed E-state index contributed by atoms with van der Waals surface area (Å²) in [6.07, 6.45) is -0.120. The molecule has 2 heterocycles. The van der Waals surface area contributed by atoms with E-state index in [1.54, 1.807) is 9.80 Å². The van der Waals surface area contributed by atoms with E-state index in [0.717, 1.165) is 5.69 Å². The molecule has 3 rings (SSSR count). The molecule has 2 fully saturated rings. The number of nitrogens with one attached hydrogen (secondary N) is 1. The fourth-order valence-electron chi connectivity index (χ4n) is 2.95. The molecule has 21 heavy (non-hydrogen) atoms. The molecule has 0 aliphatic carbocycles. The van der Waals surface area contributed by atoms with Crippen LogP contribution >= 0.6 is 0 Å². The second kappa shape index (κ2) is 5.73. The molecule has 2 atom stereocenters. The first-order valence-corrected chi connectivity index (χ1v) is 7.22. The van der Waals surface area contributed by atoms with Gasteiger partial charge in [0.05, 0.1) is 18.7 Å². The van der Waals surface area contributed by atoms with Crippen molar-refractivity contribution in [3.05, 3.63) is 30.3 Å². The number of fused-ring (bicyclic) bond motifs is 1. The first-order chi connectivity index (χ1) is 10.2. The van der Waals surface area contributed by atoms with Gasteiger partial charge in [0.15, 0.2) is 0 Å². The van der Waals surface area contributed by atoms with Crippen LogP contribution in [0.3, 0.4) is 0 Å². The van der Waals surface area contributed by atoms with Gasteiger partial charge in [0.1, 0.15) is 6.61 Å². The lowest BCUT2D eigenvalue weighted by atomic mass is 10.1. The first kappa shape index (κ1) is 13.9. The number of ether oxygens (including phenoxy) is 1. The van der Waals surface area contributed by atoms with Crippen molar-refractivity contribution in [2.45, 2.75) is 19.1 Å². The number of hydrogen-bond acceptors (Lipinski definition) is 3. The summed E-state index contributed by atoms with van der Waals surface area (Å²) in [5, 5.41) is 2.79. The average Bonchev–Trinajstić information content (AvgIpc) is 2.92. The molecule has 2 unspecified atom stereocenters. The minimum Gasteiger partial charge on any atom is -0.364 e. The number of morpholine rings is 1. The van der Waals surface area contributed by atoms with Crippen molar-refractivity contribution < 1.29 is 14.3 Å². The largest absolute Gasteiger partial charge is 0.364 e. The minimum atomic E-state index is -0.120. The fourth-order valence-corrected chi connectivity index (χ4v) is 2.95. The zero-order chi connectivity index (χ0) is 14.8. The Morgan fingerprint density at radius 3 is 2.81 bits per heavy atom. The normalized spacial score (nSPS) is 24.9. The maximum Gasteiger partial charge on any atom is 0.317 e. The summed E-state index contributed by atoms with van der Waals surface area (Å²) in [5.41, 5.74) is 0.860. The van der Waals surface area contributed by atoms with Crippen LogP contribution in [-0.4, -0.2) is 55.2 Å². The van der Waals surface area contributed by atoms with Gasteiger partial charge in [0, 0.05) is 18.8 Å². The number of para-hydroxylation sites is 1. The highest BCUT2D eigenvalue weighted by Crippen LogP contribution is 2.28. The predicted molar refractivity (Wildman–Crippen MR) is 78.1 cm³/mol. The van der Waals surface area contributed by atoms with Crippen LogP contribution in [0.1, 0.15) is 6.92 Å². The lowest BCUT2D eigenvalue weighted by molar-refractivity contribution is -0.130. The van der Waals surface area contributed by atoms with Gasteiger partial charge in [0.2, 0.25) is 0 Å². The molecule has 6 heteroatoms. The SMILES string of the molecule is CCNC(=O)N1CC2OCC(=O)N(c3ccccc3)C2C1. The summed E-state index contributed by atoms with van der Waals surface area (Å²) in [4.78, 5) is 27.7. The molecule has 6 nitrogen and oxygen atoms in total. The quantitative estimate of drug-likeness (QED) is 0.877. The van der Waals surface area contributed by atoms with Crippen molar-refractivity contribution >= 4 is 17.6 Å². The van der Waals surface area contributed by atoms with E-state index in [0.29, 0.717) is 19.6 Å². The van der Waals surface area contributed by atoms with Crippen LogP contribution in [-0.2, 0) is 9.53 Å². The topological polar surface area (TPSA) is 61.9 Å². The van der Waals surface area contributed by atoms with E-state index < -0.39 is 0 Å². The monoisotopic (exact) mass is 289 g/mol. The van der Waals surface area contributed by atoms with Crippen LogP contribution in [0.4, 0.5) is 10.5 Å². The van der Waals surface area contributed by atoms with Crippen LogP contribution in [0.15, 0.2) is 30.3 Å². The van der Waals surface area contributed by atoms with Gasteiger partial charge in [-0.2, -0.15) is 0 Å². The van der Waals surface area contributed by atoms with Crippen LogP contribution in [0, 0.1) is 0 Å². The smallest absolute Gasteiger partial charge is 0.317 e. The summed E-state index contributed by atoms with van der Waals surface area (Å²) < 4.78 is 5.61. The molecule has 0 aromatic heterocycles. The molecule has 0 saturated carbocycles. The first-order valence-electron chi connectivity index (χ1n) is 7.22. The van der Waals surface area contributed by atoms with Gasteiger partial charge >= 0.3 is 6.03 Å². The molecule has 2 aliphatic heterocycles. The van der Waals surface area contributed by atoms with Crippen molar-refractivity contribution in [2.75, 3.05) is 31.1 Å². The third kappa shape index (κ3) is 2.58. The van der Waals surface area contributed by atoms with Crippen molar-refractivity contribution in [3.63, 3.8) is 0 Å². The zero-order valence-corrected chi connectivity index (χ0v) is 12.0. The van der Waals surface area contributed by atoms with E-state index in [9.17, 15) is 9.59 Å². The molecule has 2 aliphatic rings. The molecule has 0 radical (unpaired) electrons. The molecule has 0 spiro atoms. The number of rotatable bonds is 2. The van der Waals surface area contributed by atoms with Gasteiger partial charge in [-0.3, -0.25) is 4.79 Å². The number of carbonyl (C=O) groups is 2. The van der Waals surface area contributed by atoms with Crippen molar-refractivity contribution in [3.8, 4) is 0 Å². The summed E-state index contributed by atoms with van der Waals surface area (Å²) in [6, 6.07) is 9.34. The van der Waals surface area contributed by atoms with E-state index >= 15 is 0 Å². The number of anilines is 1. The zero-order valence-electron chi connectivity index (χ0n) is 12.0. The molecule has 1 N–H and O–H groups in total. The molecule has 1 aromatic rings. The number of nitrogens with zero attached hydrogens (tertiary/aromatic N) is 2. The Morgan fingerprint density at radius 2 is 2.10 bits per heavy atom. The van der Waals surface area contributed by atoms with Crippen molar-refractivity contribution in [1.82, 2.24) is 10.2 Å². The molecule has 112 valence electrons. The van der Waals surface area contributed by atoms with E-state index in [4.69, 9.17) is 4.74 Å². The maximum absolute atomic E-state index is 12.2. The van der Waals surface area contributed by atoms with Gasteiger partial charge in [0.25, 0.3) is 5.91 Å². The number of hydrogen-bond donors (Lipinski definition) is 1. The number of likely N-dealkylation sites (tertiary alicyclic amines) is 1. The van der Waals surface area contributed by atoms with Gasteiger partial charge in [-0.25, -0.2) is 4.79 Å². The standard InChI is InChI=1S/C15H19N3O3/c1-2-16-15(20)17-8-12-13(9-17)21-10-14(19)18(12)11-6-4-3-5-7-11/h3-7,12-13H,2,8-10H2,1H3,(H,16,20). The highest BCUT2D eigenvalue weighted by Gasteiger charge is 2.45. The second-order valence-electron chi connectivity index (χ2n) is 5.26. The maximum atomic E-state index is 12.2. The van der Waals surface area contributed by atoms with Crippen molar-refractivity contribution in [2.24, 2.45) is 0 Å². The molecular weight excluding hydrogens is 270 g/mol.